The molecular formula is C23H22IN3O. The molecule has 0 aliphatic rings. The summed E-state index contributed by atoms with van der Waals surface area (Å²) < 4.78 is 6.23. The molecule has 0 bridgehead atoms. The van der Waals surface area contributed by atoms with Crippen molar-refractivity contribution in [3.05, 3.63) is 106 Å². The van der Waals surface area contributed by atoms with Gasteiger partial charge in [-0.3, -0.25) is 15.8 Å². The maximum absolute atomic E-state index is 9.00. The van der Waals surface area contributed by atoms with Crippen LogP contribution in [-0.4, -0.2) is 23.7 Å². The number of nitrogens with zero attached hydrogens (tertiary/aromatic N) is 1. The summed E-state index contributed by atoms with van der Waals surface area (Å²) in [5.41, 5.74) is 3.49. The monoisotopic (exact) mass is 483 g/mol. The Labute approximate surface area is 179 Å². The zero-order valence-electron chi connectivity index (χ0n) is 15.9. The van der Waals surface area contributed by atoms with Gasteiger partial charge in [0.15, 0.2) is 0 Å². The third kappa shape index (κ3) is 4.92. The quantitative estimate of drug-likeness (QED) is 0.226. The number of rotatable bonds is 7. The maximum atomic E-state index is 9.00. The summed E-state index contributed by atoms with van der Waals surface area (Å²) in [6.45, 7) is 5.63. The lowest BCUT2D eigenvalue weighted by Crippen LogP contribution is -2.16. The first-order valence-electron chi connectivity index (χ1n) is 8.63. The van der Waals surface area contributed by atoms with Crippen molar-refractivity contribution in [3.8, 4) is 0 Å². The minimum atomic E-state index is -0.0456. The number of nitrogens with one attached hydrogen (secondary N) is 2. The molecule has 142 valence electrons. The fraction of sp³-hybridized carbons (Fsp3) is 0.0870. The van der Waals surface area contributed by atoms with Gasteiger partial charge in [-0.05, 0) is 53.3 Å². The van der Waals surface area contributed by atoms with Gasteiger partial charge in [-0.25, -0.2) is 0 Å². The first kappa shape index (κ1) is 21.5. The van der Waals surface area contributed by atoms with Crippen LogP contribution in [0.25, 0.3) is 5.57 Å². The van der Waals surface area contributed by atoms with Crippen LogP contribution in [0.2, 0.25) is 0 Å². The third-order valence-corrected chi connectivity index (χ3v) is 4.95. The van der Waals surface area contributed by atoms with Gasteiger partial charge in [0.05, 0.1) is 24.1 Å². The molecule has 5 heteroatoms. The summed E-state index contributed by atoms with van der Waals surface area (Å²) in [5.74, 6) is -0.0456. The first-order valence-corrected chi connectivity index (χ1v) is 9.71. The zero-order valence-corrected chi connectivity index (χ0v) is 18.0. The highest BCUT2D eigenvalue weighted by molar-refractivity contribution is 14.1. The second-order valence-electron chi connectivity index (χ2n) is 5.69. The van der Waals surface area contributed by atoms with Gasteiger partial charge in [0.1, 0.15) is 0 Å². The second-order valence-corrected chi connectivity index (χ2v) is 6.85. The molecule has 2 rings (SSSR count). The van der Waals surface area contributed by atoms with Crippen LogP contribution in [0.3, 0.4) is 0 Å². The smallest absolute Gasteiger partial charge is 0.215 e. The maximum Gasteiger partial charge on any atom is 0.215 e. The minimum Gasteiger partial charge on any atom is -0.481 e. The Balaban J connectivity index is 2.88. The van der Waals surface area contributed by atoms with Gasteiger partial charge in [-0.15, -0.1) is 0 Å². The number of methoxy groups -OCH3 is 1. The number of aromatic nitrogens is 1. The lowest BCUT2D eigenvalue weighted by molar-refractivity contribution is 0.405. The lowest BCUT2D eigenvalue weighted by Gasteiger charge is -2.18. The van der Waals surface area contributed by atoms with Crippen molar-refractivity contribution in [3.63, 3.8) is 0 Å². The minimum absolute atomic E-state index is 0.0456. The molecule has 0 aliphatic carbocycles. The molecule has 0 saturated heterocycles. The van der Waals surface area contributed by atoms with Gasteiger partial charge in [0.2, 0.25) is 5.90 Å². The molecule has 2 N–H and O–H groups in total. The molecule has 0 fully saturated rings. The van der Waals surface area contributed by atoms with Crippen LogP contribution < -0.4 is 0 Å². The van der Waals surface area contributed by atoms with E-state index >= 15 is 0 Å². The predicted octanol–water partition coefficient (Wildman–Crippen LogP) is 5.82. The Morgan fingerprint density at radius 2 is 1.86 bits per heavy atom. The van der Waals surface area contributed by atoms with Gasteiger partial charge in [0, 0.05) is 20.9 Å². The molecule has 1 aromatic carbocycles. The van der Waals surface area contributed by atoms with Crippen LogP contribution in [0, 0.1) is 14.4 Å². The summed E-state index contributed by atoms with van der Waals surface area (Å²) in [6, 6.07) is 13.2. The molecule has 1 aromatic heterocycles. The van der Waals surface area contributed by atoms with Gasteiger partial charge in [-0.1, -0.05) is 55.1 Å². The van der Waals surface area contributed by atoms with E-state index in [0.29, 0.717) is 22.6 Å². The van der Waals surface area contributed by atoms with E-state index in [1.807, 2.05) is 67.6 Å². The van der Waals surface area contributed by atoms with E-state index in [4.69, 9.17) is 15.6 Å². The van der Waals surface area contributed by atoms with Crippen molar-refractivity contribution in [2.45, 2.75) is 6.92 Å². The summed E-state index contributed by atoms with van der Waals surface area (Å²) >= 11 is 2.22. The average Bonchev–Trinajstić information content (AvgIpc) is 2.73. The van der Waals surface area contributed by atoms with Gasteiger partial charge >= 0.3 is 0 Å². The Bertz CT molecular complexity index is 972. The molecular weight excluding hydrogens is 461 g/mol. The molecule has 0 atom stereocenters. The van der Waals surface area contributed by atoms with Gasteiger partial charge < -0.3 is 4.74 Å². The van der Waals surface area contributed by atoms with E-state index in [1.54, 1.807) is 12.3 Å². The van der Waals surface area contributed by atoms with E-state index in [2.05, 4.69) is 34.2 Å². The summed E-state index contributed by atoms with van der Waals surface area (Å²) in [4.78, 5) is 4.42. The van der Waals surface area contributed by atoms with Gasteiger partial charge in [-0.2, -0.15) is 0 Å². The number of ether oxygens (including phenoxy) is 1. The highest BCUT2D eigenvalue weighted by Gasteiger charge is 2.23. The number of pyridine rings is 1. The molecule has 4 nitrogen and oxygen atoms in total. The van der Waals surface area contributed by atoms with Crippen molar-refractivity contribution in [1.29, 1.82) is 10.8 Å². The van der Waals surface area contributed by atoms with Crippen LogP contribution in [0.1, 0.15) is 18.2 Å². The molecule has 0 saturated carbocycles. The average molecular weight is 483 g/mol. The number of allylic oxidation sites excluding steroid dienone is 6. The third-order valence-electron chi connectivity index (χ3n) is 4.01. The summed E-state index contributed by atoms with van der Waals surface area (Å²) in [5, 5.41) is 17.4. The molecule has 0 amide bonds. The molecule has 2 aromatic rings. The van der Waals surface area contributed by atoms with Crippen LogP contribution in [-0.2, 0) is 4.74 Å². The number of benzene rings is 1. The fourth-order valence-corrected chi connectivity index (χ4v) is 3.34. The van der Waals surface area contributed by atoms with Crippen molar-refractivity contribution in [2.24, 2.45) is 0 Å². The molecule has 28 heavy (non-hydrogen) atoms. The SMILES string of the molecule is C=C\C=C/C(=C\C)C(/C(=N)c1ccccc1I)=C(/C(=N)OC)c1ccccn1. The van der Waals surface area contributed by atoms with Crippen molar-refractivity contribution in [2.75, 3.05) is 7.11 Å². The van der Waals surface area contributed by atoms with Crippen LogP contribution in [0.4, 0.5) is 0 Å². The molecule has 0 unspecified atom stereocenters. The van der Waals surface area contributed by atoms with E-state index in [0.717, 1.165) is 14.7 Å². The Morgan fingerprint density at radius 3 is 2.43 bits per heavy atom. The zero-order chi connectivity index (χ0) is 20.5. The Morgan fingerprint density at radius 1 is 1.14 bits per heavy atom. The fourth-order valence-electron chi connectivity index (χ4n) is 2.68. The molecule has 0 aliphatic heterocycles. The largest absolute Gasteiger partial charge is 0.481 e. The van der Waals surface area contributed by atoms with Gasteiger partial charge in [0.25, 0.3) is 0 Å². The van der Waals surface area contributed by atoms with E-state index in [9.17, 15) is 0 Å². The van der Waals surface area contributed by atoms with E-state index in [-0.39, 0.29) is 5.90 Å². The summed E-state index contributed by atoms with van der Waals surface area (Å²) in [6.07, 6.45) is 8.94. The first-order chi connectivity index (χ1) is 13.5. The number of halogens is 1. The van der Waals surface area contributed by atoms with Crippen LogP contribution in [0.5, 0.6) is 0 Å². The number of hydrogen-bond acceptors (Lipinski definition) is 4. The van der Waals surface area contributed by atoms with E-state index in [1.165, 1.54) is 7.11 Å². The highest BCUT2D eigenvalue weighted by Crippen LogP contribution is 2.29. The topological polar surface area (TPSA) is 69.8 Å². The normalized spacial score (nSPS) is 12.5. The van der Waals surface area contributed by atoms with Crippen molar-refractivity contribution >= 4 is 39.8 Å². The predicted molar refractivity (Wildman–Crippen MR) is 125 cm³/mol. The van der Waals surface area contributed by atoms with Crippen molar-refractivity contribution in [1.82, 2.24) is 4.98 Å². The second kappa shape index (κ2) is 10.5. The standard InChI is InChI=1S/C23H22IN3O/c1-4-6-11-16(5-2)20(22(25)17-12-7-8-13-18(17)24)21(23(26)28-3)19-14-9-10-15-27-19/h4-15,25-26H,1H2,2-3H3/b11-6-,16-5+,21-20-,25-22?,26-23?. The molecule has 0 radical (unpaired) electrons. The van der Waals surface area contributed by atoms with Crippen LogP contribution >= 0.6 is 22.6 Å². The lowest BCUT2D eigenvalue weighted by atomic mass is 9.89. The van der Waals surface area contributed by atoms with Crippen LogP contribution in [0.15, 0.2) is 90.7 Å². The van der Waals surface area contributed by atoms with E-state index < -0.39 is 0 Å². The number of hydrogen-bond donors (Lipinski definition) is 2. The molecule has 0 spiro atoms. The van der Waals surface area contributed by atoms with Crippen molar-refractivity contribution < 1.29 is 4.74 Å². The Hall–Kier alpha value is -2.80. The molecule has 1 heterocycles. The summed E-state index contributed by atoms with van der Waals surface area (Å²) in [7, 11) is 1.45. The Kier molecular flexibility index (Phi) is 8.07. The highest BCUT2D eigenvalue weighted by atomic mass is 127.